The number of anilines is 1. The van der Waals surface area contributed by atoms with Crippen molar-refractivity contribution in [2.45, 2.75) is 44.1 Å². The molecule has 1 aliphatic carbocycles. The number of halogens is 2. The molecule has 1 amide bonds. The Morgan fingerprint density at radius 2 is 1.88 bits per heavy atom. The van der Waals surface area contributed by atoms with E-state index < -0.39 is 35.4 Å². The van der Waals surface area contributed by atoms with Gasteiger partial charge in [-0.2, -0.15) is 0 Å². The van der Waals surface area contributed by atoms with Crippen molar-refractivity contribution in [1.82, 2.24) is 0 Å². The van der Waals surface area contributed by atoms with E-state index in [1.807, 2.05) is 0 Å². The van der Waals surface area contributed by atoms with E-state index >= 15 is 0 Å². The Morgan fingerprint density at radius 3 is 2.29 bits per heavy atom. The fraction of sp³-hybridized carbons (Fsp3) is 0.500. The van der Waals surface area contributed by atoms with Gasteiger partial charge in [0, 0.05) is 17.7 Å². The summed E-state index contributed by atoms with van der Waals surface area (Å²) in [5.74, 6) is -4.86. The number of carbonyl (C=O) groups is 2. The molecule has 0 radical (unpaired) electrons. The molecule has 1 aromatic carbocycles. The highest BCUT2D eigenvalue weighted by Crippen LogP contribution is 2.63. The third-order valence-corrected chi connectivity index (χ3v) is 3.67. The monoisotopic (exact) mass is 343 g/mol. The molecule has 24 heavy (non-hydrogen) atoms. The van der Waals surface area contributed by atoms with Crippen LogP contribution in [0.2, 0.25) is 0 Å². The maximum absolute atomic E-state index is 13.8. The van der Waals surface area contributed by atoms with E-state index in [0.717, 1.165) is 0 Å². The second kappa shape index (κ2) is 5.61. The molecule has 1 aromatic rings. The highest BCUT2D eigenvalue weighted by atomic mass is 19.3. The van der Waals surface area contributed by atoms with E-state index in [-0.39, 0.29) is 17.0 Å². The molecule has 1 aliphatic rings. The van der Waals surface area contributed by atoms with Gasteiger partial charge in [0.1, 0.15) is 11.4 Å². The molecule has 0 bridgehead atoms. The maximum Gasteiger partial charge on any atom is 0.412 e. The van der Waals surface area contributed by atoms with Gasteiger partial charge < -0.3 is 14.6 Å². The number of ether oxygens (including phenoxy) is 2. The lowest BCUT2D eigenvalue weighted by atomic mass is 9.93. The van der Waals surface area contributed by atoms with E-state index in [1.54, 1.807) is 20.8 Å². The Hall–Kier alpha value is -2.38. The van der Waals surface area contributed by atoms with E-state index in [2.05, 4.69) is 5.32 Å². The molecular formula is C16H19F2NO5. The number of rotatable bonds is 4. The first kappa shape index (κ1) is 18.0. The Labute approximate surface area is 137 Å². The number of aliphatic carboxylic acids is 1. The molecule has 1 unspecified atom stereocenters. The van der Waals surface area contributed by atoms with Crippen LogP contribution in [0.15, 0.2) is 18.2 Å². The third kappa shape index (κ3) is 3.13. The van der Waals surface area contributed by atoms with Crippen LogP contribution in [0.5, 0.6) is 5.75 Å². The highest BCUT2D eigenvalue weighted by Gasteiger charge is 2.78. The molecule has 0 heterocycles. The Balaban J connectivity index is 2.43. The second-order valence-electron chi connectivity index (χ2n) is 6.63. The largest absolute Gasteiger partial charge is 0.497 e. The van der Waals surface area contributed by atoms with Crippen LogP contribution in [-0.4, -0.2) is 35.8 Å². The van der Waals surface area contributed by atoms with Crippen LogP contribution in [-0.2, 0) is 14.9 Å². The summed E-state index contributed by atoms with van der Waals surface area (Å²) in [6, 6.07) is 3.95. The number of alkyl halides is 2. The molecule has 2 rings (SSSR count). The predicted molar refractivity (Wildman–Crippen MR) is 81.7 cm³/mol. The van der Waals surface area contributed by atoms with Crippen molar-refractivity contribution in [3.05, 3.63) is 23.8 Å². The molecule has 0 spiro atoms. The average molecular weight is 343 g/mol. The first-order chi connectivity index (χ1) is 10.9. The molecule has 1 atom stereocenters. The van der Waals surface area contributed by atoms with Crippen LogP contribution >= 0.6 is 0 Å². The molecule has 132 valence electrons. The third-order valence-electron chi connectivity index (χ3n) is 3.67. The Morgan fingerprint density at radius 1 is 1.29 bits per heavy atom. The molecule has 2 N–H and O–H groups in total. The lowest BCUT2D eigenvalue weighted by molar-refractivity contribution is -0.142. The van der Waals surface area contributed by atoms with Gasteiger partial charge in [-0.15, -0.1) is 0 Å². The van der Waals surface area contributed by atoms with Gasteiger partial charge in [-0.05, 0) is 39.0 Å². The zero-order valence-electron chi connectivity index (χ0n) is 13.8. The average Bonchev–Trinajstić information content (AvgIpc) is 3.01. The fourth-order valence-electron chi connectivity index (χ4n) is 2.45. The molecule has 8 heteroatoms. The number of carboxylic acids is 1. The number of amides is 1. The van der Waals surface area contributed by atoms with Crippen molar-refractivity contribution in [2.24, 2.45) is 0 Å². The first-order valence-corrected chi connectivity index (χ1v) is 7.23. The smallest absolute Gasteiger partial charge is 0.412 e. The Bertz CT molecular complexity index is 684. The van der Waals surface area contributed by atoms with Crippen molar-refractivity contribution in [3.63, 3.8) is 0 Å². The minimum Gasteiger partial charge on any atom is -0.497 e. The van der Waals surface area contributed by atoms with Gasteiger partial charge in [-0.1, -0.05) is 0 Å². The quantitative estimate of drug-likeness (QED) is 0.875. The van der Waals surface area contributed by atoms with Crippen molar-refractivity contribution >= 4 is 17.7 Å². The molecule has 1 saturated carbocycles. The van der Waals surface area contributed by atoms with Crippen LogP contribution < -0.4 is 10.1 Å². The zero-order valence-corrected chi connectivity index (χ0v) is 13.8. The van der Waals surface area contributed by atoms with Gasteiger partial charge in [0.15, 0.2) is 5.41 Å². The molecule has 1 fully saturated rings. The van der Waals surface area contributed by atoms with E-state index in [0.29, 0.717) is 0 Å². The number of nitrogens with one attached hydrogen (secondary N) is 1. The number of hydrogen-bond acceptors (Lipinski definition) is 4. The SMILES string of the molecule is COc1ccc(NC(=O)OC(C)(C)C)c(C2(C(=O)O)CC2(F)F)c1. The van der Waals surface area contributed by atoms with Gasteiger partial charge in [0.05, 0.1) is 7.11 Å². The zero-order chi connectivity index (χ0) is 18.3. The summed E-state index contributed by atoms with van der Waals surface area (Å²) in [5.41, 5.74) is -3.44. The van der Waals surface area contributed by atoms with Crippen LogP contribution in [0.25, 0.3) is 0 Å². The van der Waals surface area contributed by atoms with Crippen LogP contribution in [0.3, 0.4) is 0 Å². The number of carboxylic acid groups (broad SMARTS) is 1. The minimum absolute atomic E-state index is 0.0513. The summed E-state index contributed by atoms with van der Waals surface area (Å²) in [6.45, 7) is 4.94. The lowest BCUT2D eigenvalue weighted by Gasteiger charge is -2.22. The molecular weight excluding hydrogens is 324 g/mol. The summed E-state index contributed by atoms with van der Waals surface area (Å²) in [6.07, 6.45) is -1.70. The van der Waals surface area contributed by atoms with Gasteiger partial charge in [0.2, 0.25) is 0 Å². The molecule has 0 saturated heterocycles. The van der Waals surface area contributed by atoms with Crippen molar-refractivity contribution < 1.29 is 33.0 Å². The second-order valence-corrected chi connectivity index (χ2v) is 6.63. The van der Waals surface area contributed by atoms with E-state index in [1.165, 1.54) is 25.3 Å². The number of carbonyl (C=O) groups excluding carboxylic acids is 1. The number of benzene rings is 1. The molecule has 0 aromatic heterocycles. The summed E-state index contributed by atoms with van der Waals surface area (Å²) >= 11 is 0. The van der Waals surface area contributed by atoms with Crippen LogP contribution in [0.1, 0.15) is 32.8 Å². The van der Waals surface area contributed by atoms with Crippen LogP contribution in [0, 0.1) is 0 Å². The maximum atomic E-state index is 13.8. The lowest BCUT2D eigenvalue weighted by Crippen LogP contribution is -2.31. The fourth-order valence-corrected chi connectivity index (χ4v) is 2.45. The summed E-state index contributed by atoms with van der Waals surface area (Å²) in [4.78, 5) is 23.4. The Kier molecular flexibility index (Phi) is 4.20. The summed E-state index contributed by atoms with van der Waals surface area (Å²) < 4.78 is 37.8. The van der Waals surface area contributed by atoms with Crippen molar-refractivity contribution in [3.8, 4) is 5.75 Å². The van der Waals surface area contributed by atoms with Crippen molar-refractivity contribution in [1.29, 1.82) is 0 Å². The highest BCUT2D eigenvalue weighted by molar-refractivity contribution is 5.94. The van der Waals surface area contributed by atoms with E-state index in [9.17, 15) is 23.5 Å². The standard InChI is InChI=1S/C16H19F2NO5/c1-14(2,3)24-13(22)19-11-6-5-9(23-4)7-10(11)15(12(20)21)8-16(15,17)18/h5-7H,8H2,1-4H3,(H,19,22)(H,20,21). The number of hydrogen-bond donors (Lipinski definition) is 2. The van der Waals surface area contributed by atoms with Gasteiger partial charge in [0.25, 0.3) is 5.92 Å². The van der Waals surface area contributed by atoms with Gasteiger partial charge in [-0.3, -0.25) is 10.1 Å². The van der Waals surface area contributed by atoms with Gasteiger partial charge in [-0.25, -0.2) is 13.6 Å². The minimum atomic E-state index is -3.41. The summed E-state index contributed by atoms with van der Waals surface area (Å²) in [5, 5.41) is 11.7. The molecule has 6 nitrogen and oxygen atoms in total. The molecule has 0 aliphatic heterocycles. The van der Waals surface area contributed by atoms with E-state index in [4.69, 9.17) is 9.47 Å². The topological polar surface area (TPSA) is 84.9 Å². The van der Waals surface area contributed by atoms with Crippen LogP contribution in [0.4, 0.5) is 19.3 Å². The van der Waals surface area contributed by atoms with Gasteiger partial charge >= 0.3 is 12.1 Å². The van der Waals surface area contributed by atoms with Crippen molar-refractivity contribution in [2.75, 3.05) is 12.4 Å². The summed E-state index contributed by atoms with van der Waals surface area (Å²) in [7, 11) is 1.33. The predicted octanol–water partition coefficient (Wildman–Crippen LogP) is 3.40. The number of methoxy groups -OCH3 is 1. The first-order valence-electron chi connectivity index (χ1n) is 7.23. The normalized spacial score (nSPS) is 21.8.